The van der Waals surface area contributed by atoms with Gasteiger partial charge in [0.2, 0.25) is 5.95 Å². The highest BCUT2D eigenvalue weighted by Gasteiger charge is 2.31. The van der Waals surface area contributed by atoms with Crippen LogP contribution >= 0.6 is 11.6 Å². The van der Waals surface area contributed by atoms with Crippen LogP contribution in [-0.2, 0) is 28.4 Å². The summed E-state index contributed by atoms with van der Waals surface area (Å²) in [5, 5.41) is 8.80. The predicted octanol–water partition coefficient (Wildman–Crippen LogP) is 5.46. The maximum absolute atomic E-state index is 12.3. The fraction of sp³-hybridized carbons (Fsp3) is 0.516. The number of carbonyl (C=O) groups excluding carboxylic acids is 1. The molecule has 0 radical (unpaired) electrons. The number of methoxy groups -OCH3 is 1. The molecule has 12 heteroatoms. The minimum absolute atomic E-state index is 0.0889. The van der Waals surface area contributed by atoms with Gasteiger partial charge < -0.3 is 19.4 Å². The van der Waals surface area contributed by atoms with Gasteiger partial charge in [-0.1, -0.05) is 32.4 Å². The van der Waals surface area contributed by atoms with Crippen LogP contribution in [-0.4, -0.2) is 73.3 Å². The van der Waals surface area contributed by atoms with Crippen molar-refractivity contribution in [3.8, 4) is 11.5 Å². The van der Waals surface area contributed by atoms with Gasteiger partial charge in [-0.25, -0.2) is 4.98 Å². The summed E-state index contributed by atoms with van der Waals surface area (Å²) in [6.07, 6.45) is 6.52. The van der Waals surface area contributed by atoms with Crippen LogP contribution in [0.25, 0.3) is 11.2 Å². The number of aryl methyl sites for hydroxylation is 1. The quantitative estimate of drug-likeness (QED) is 0.238. The van der Waals surface area contributed by atoms with Crippen molar-refractivity contribution in [1.82, 2.24) is 34.2 Å². The third-order valence-corrected chi connectivity index (χ3v) is 8.52. The minimum Gasteiger partial charge on any atom is -0.454 e. The van der Waals surface area contributed by atoms with E-state index in [1.807, 2.05) is 11.6 Å². The molecule has 2 fully saturated rings. The SMILES string of the molecule is COCCN1CC[C@H](n2nc(Nc3nc4ncc(Oc5ccnc(CC(=O)C6CC6)c5)c(Cl)c4n3C)cc2C(C)(C)C)C1. The maximum Gasteiger partial charge on any atom is 0.210 e. The highest BCUT2D eigenvalue weighted by molar-refractivity contribution is 6.36. The number of ketones is 1. The zero-order valence-electron chi connectivity index (χ0n) is 25.4. The van der Waals surface area contributed by atoms with Crippen molar-refractivity contribution in [3.63, 3.8) is 0 Å². The van der Waals surface area contributed by atoms with Crippen molar-refractivity contribution in [3.05, 3.63) is 47.0 Å². The van der Waals surface area contributed by atoms with E-state index in [1.54, 1.807) is 31.6 Å². The Hall–Kier alpha value is -3.54. The maximum atomic E-state index is 12.3. The average molecular weight is 607 g/mol. The molecule has 228 valence electrons. The molecule has 1 atom stereocenters. The number of rotatable bonds is 11. The Morgan fingerprint density at radius 2 is 2.00 bits per heavy atom. The standard InChI is InChI=1S/C31H39ClN8O3/c1-31(2,3)25-16-26(37-40(25)21-9-11-39(18-21)12-13-42-5)35-30-36-29-28(38(30)4)27(32)24(17-34-29)43-22-8-10-33-20(14-22)15-23(41)19-6-7-19/h8,10,14,16-17,19,21H,6-7,9,11-13,15,18H2,1-5H3,(H,34,35,36,37)/t21-/m0/s1. The first-order chi connectivity index (χ1) is 20.6. The molecule has 0 unspecified atom stereocenters. The molecule has 2 aliphatic rings. The summed E-state index contributed by atoms with van der Waals surface area (Å²) >= 11 is 6.86. The zero-order chi connectivity index (χ0) is 30.3. The Kier molecular flexibility index (Phi) is 8.14. The average Bonchev–Trinajstić information content (AvgIpc) is 3.42. The van der Waals surface area contributed by atoms with Crippen LogP contribution in [0, 0.1) is 5.92 Å². The van der Waals surface area contributed by atoms with Gasteiger partial charge in [-0.15, -0.1) is 0 Å². The number of aromatic nitrogens is 6. The highest BCUT2D eigenvalue weighted by atomic mass is 35.5. The van der Waals surface area contributed by atoms with Gasteiger partial charge in [0, 0.05) is 75.6 Å². The number of imidazole rings is 1. The number of likely N-dealkylation sites (tertiary alicyclic amines) is 1. The number of pyridine rings is 2. The van der Waals surface area contributed by atoms with Gasteiger partial charge in [-0.2, -0.15) is 10.1 Å². The summed E-state index contributed by atoms with van der Waals surface area (Å²) in [5.74, 6) is 2.65. The first-order valence-electron chi connectivity index (χ1n) is 14.9. The first kappa shape index (κ1) is 29.5. The van der Waals surface area contributed by atoms with Gasteiger partial charge in [-0.3, -0.25) is 19.4 Å². The second-order valence-corrected chi connectivity index (χ2v) is 13.0. The summed E-state index contributed by atoms with van der Waals surface area (Å²) in [4.78, 5) is 28.3. The minimum atomic E-state index is -0.0889. The predicted molar refractivity (Wildman–Crippen MR) is 165 cm³/mol. The Morgan fingerprint density at radius 3 is 2.74 bits per heavy atom. The number of hydrogen-bond donors (Lipinski definition) is 1. The molecule has 4 aromatic rings. The molecular weight excluding hydrogens is 568 g/mol. The zero-order valence-corrected chi connectivity index (χ0v) is 26.2. The van der Waals surface area contributed by atoms with Crippen LogP contribution in [0.15, 0.2) is 30.6 Å². The largest absolute Gasteiger partial charge is 0.454 e. The van der Waals surface area contributed by atoms with Crippen LogP contribution in [0.1, 0.15) is 57.5 Å². The lowest BCUT2D eigenvalue weighted by molar-refractivity contribution is -0.119. The van der Waals surface area contributed by atoms with E-state index >= 15 is 0 Å². The smallest absolute Gasteiger partial charge is 0.210 e. The van der Waals surface area contributed by atoms with E-state index in [2.05, 4.69) is 51.7 Å². The van der Waals surface area contributed by atoms with Gasteiger partial charge in [0.25, 0.3) is 0 Å². The number of carbonyl (C=O) groups is 1. The molecule has 5 heterocycles. The van der Waals surface area contributed by atoms with E-state index in [1.165, 1.54) is 0 Å². The highest BCUT2D eigenvalue weighted by Crippen LogP contribution is 2.37. The van der Waals surface area contributed by atoms with Gasteiger partial charge in [0.05, 0.1) is 24.5 Å². The van der Waals surface area contributed by atoms with Crippen molar-refractivity contribution in [2.45, 2.75) is 57.9 Å². The lowest BCUT2D eigenvalue weighted by Crippen LogP contribution is -2.27. The molecule has 6 rings (SSSR count). The van der Waals surface area contributed by atoms with Crippen LogP contribution in [0.5, 0.6) is 11.5 Å². The van der Waals surface area contributed by atoms with Crippen molar-refractivity contribution in [2.75, 3.05) is 38.7 Å². The van der Waals surface area contributed by atoms with Crippen LogP contribution < -0.4 is 10.1 Å². The summed E-state index contributed by atoms with van der Waals surface area (Å²) in [6.45, 7) is 10.2. The van der Waals surface area contributed by atoms with E-state index < -0.39 is 0 Å². The van der Waals surface area contributed by atoms with E-state index in [9.17, 15) is 4.79 Å². The van der Waals surface area contributed by atoms with Crippen LogP contribution in [0.4, 0.5) is 11.8 Å². The normalized spacial score (nSPS) is 17.6. The Balaban J connectivity index is 1.23. The second kappa shape index (κ2) is 11.9. The Bertz CT molecular complexity index is 1640. The first-order valence-corrected chi connectivity index (χ1v) is 15.2. The molecule has 1 saturated carbocycles. The fourth-order valence-corrected chi connectivity index (χ4v) is 5.91. The number of ether oxygens (including phenoxy) is 2. The molecule has 1 aliphatic carbocycles. The number of nitrogens with one attached hydrogen (secondary N) is 1. The van der Waals surface area contributed by atoms with Crippen molar-refractivity contribution >= 4 is 40.3 Å². The summed E-state index contributed by atoms with van der Waals surface area (Å²) in [5.41, 5.74) is 2.89. The second-order valence-electron chi connectivity index (χ2n) is 12.6. The lowest BCUT2D eigenvalue weighted by Gasteiger charge is -2.23. The van der Waals surface area contributed by atoms with E-state index in [-0.39, 0.29) is 17.1 Å². The monoisotopic (exact) mass is 606 g/mol. The number of fused-ring (bicyclic) bond motifs is 1. The molecule has 1 N–H and O–H groups in total. The van der Waals surface area contributed by atoms with Gasteiger partial charge in [0.15, 0.2) is 17.2 Å². The number of nitrogens with zero attached hydrogens (tertiary/aromatic N) is 7. The third-order valence-electron chi connectivity index (χ3n) is 8.16. The lowest BCUT2D eigenvalue weighted by atomic mass is 9.91. The van der Waals surface area contributed by atoms with Crippen LogP contribution in [0.3, 0.4) is 0 Å². The molecule has 0 bridgehead atoms. The summed E-state index contributed by atoms with van der Waals surface area (Å²) < 4.78 is 15.4. The van der Waals surface area contributed by atoms with E-state index in [0.717, 1.165) is 57.0 Å². The number of halogens is 1. The molecule has 0 amide bonds. The number of Topliss-reactive ketones (excluding diaryl/α,β-unsaturated/α-hetero) is 1. The molecule has 4 aromatic heterocycles. The number of anilines is 2. The van der Waals surface area contributed by atoms with Gasteiger partial charge in [0.1, 0.15) is 22.1 Å². The third kappa shape index (κ3) is 6.39. The Morgan fingerprint density at radius 1 is 1.19 bits per heavy atom. The molecular formula is C31H39ClN8O3. The molecule has 43 heavy (non-hydrogen) atoms. The Labute approximate surface area is 256 Å². The van der Waals surface area contributed by atoms with Gasteiger partial charge >= 0.3 is 0 Å². The molecule has 0 spiro atoms. The van der Waals surface area contributed by atoms with Crippen molar-refractivity contribution < 1.29 is 14.3 Å². The van der Waals surface area contributed by atoms with E-state index in [4.69, 9.17) is 31.2 Å². The van der Waals surface area contributed by atoms with Crippen LogP contribution in [0.2, 0.25) is 5.02 Å². The van der Waals surface area contributed by atoms with Crippen molar-refractivity contribution in [1.29, 1.82) is 0 Å². The topological polar surface area (TPSA) is 112 Å². The van der Waals surface area contributed by atoms with E-state index in [0.29, 0.717) is 51.8 Å². The molecule has 1 aliphatic heterocycles. The molecule has 0 aromatic carbocycles. The number of hydrogen-bond acceptors (Lipinski definition) is 9. The molecule has 11 nitrogen and oxygen atoms in total. The fourth-order valence-electron chi connectivity index (χ4n) is 5.61. The van der Waals surface area contributed by atoms with Gasteiger partial charge in [-0.05, 0) is 25.3 Å². The van der Waals surface area contributed by atoms with Crippen molar-refractivity contribution in [2.24, 2.45) is 13.0 Å². The molecule has 1 saturated heterocycles. The summed E-state index contributed by atoms with van der Waals surface area (Å²) in [6, 6.07) is 5.92. The summed E-state index contributed by atoms with van der Waals surface area (Å²) in [7, 11) is 3.63.